The molecule has 2 aromatic rings. The van der Waals surface area contributed by atoms with Gasteiger partial charge in [-0.05, 0) is 36.8 Å². The molecule has 0 unspecified atom stereocenters. The molecule has 4 heteroatoms. The lowest BCUT2D eigenvalue weighted by Gasteiger charge is -2.10. The molecule has 3 nitrogen and oxygen atoms in total. The van der Waals surface area contributed by atoms with E-state index in [0.29, 0.717) is 12.4 Å². The number of ether oxygens (including phenoxy) is 1. The zero-order valence-corrected chi connectivity index (χ0v) is 11.1. The minimum absolute atomic E-state index is 0.415. The first kappa shape index (κ1) is 12.1. The monoisotopic (exact) mass is 292 g/mol. The highest BCUT2D eigenvalue weighted by molar-refractivity contribution is 9.10. The smallest absolute Gasteiger partial charge is 0.223 e. The van der Waals surface area contributed by atoms with Gasteiger partial charge in [-0.25, -0.2) is 4.98 Å². The predicted molar refractivity (Wildman–Crippen MR) is 71.1 cm³/mol. The van der Waals surface area contributed by atoms with Gasteiger partial charge in [-0.15, -0.1) is 0 Å². The highest BCUT2D eigenvalue weighted by atomic mass is 79.9. The van der Waals surface area contributed by atoms with Crippen molar-refractivity contribution in [3.63, 3.8) is 0 Å². The van der Waals surface area contributed by atoms with Crippen molar-refractivity contribution in [2.45, 2.75) is 13.5 Å². The Morgan fingerprint density at radius 1 is 1.35 bits per heavy atom. The normalized spacial score (nSPS) is 10.3. The van der Waals surface area contributed by atoms with E-state index in [1.54, 1.807) is 6.20 Å². The lowest BCUT2D eigenvalue weighted by molar-refractivity contribution is 0.453. The van der Waals surface area contributed by atoms with E-state index in [9.17, 15) is 0 Å². The van der Waals surface area contributed by atoms with Crippen LogP contribution in [0, 0.1) is 6.92 Å². The number of hydrogen-bond acceptors (Lipinski definition) is 3. The fourth-order valence-corrected chi connectivity index (χ4v) is 1.98. The molecule has 0 spiro atoms. The molecule has 2 rings (SSSR count). The van der Waals surface area contributed by atoms with E-state index in [4.69, 9.17) is 10.5 Å². The molecule has 0 amide bonds. The highest BCUT2D eigenvalue weighted by Crippen LogP contribution is 2.27. The van der Waals surface area contributed by atoms with Crippen molar-refractivity contribution in [3.05, 3.63) is 52.1 Å². The quantitative estimate of drug-likeness (QED) is 0.943. The van der Waals surface area contributed by atoms with Crippen LogP contribution < -0.4 is 10.5 Å². The average molecular weight is 293 g/mol. The van der Waals surface area contributed by atoms with Crippen LogP contribution in [-0.2, 0) is 6.54 Å². The van der Waals surface area contributed by atoms with Gasteiger partial charge in [0, 0.05) is 22.8 Å². The number of aromatic nitrogens is 1. The van der Waals surface area contributed by atoms with Crippen molar-refractivity contribution in [2.24, 2.45) is 5.73 Å². The molecule has 1 aromatic carbocycles. The number of rotatable bonds is 3. The molecule has 0 saturated heterocycles. The second kappa shape index (κ2) is 5.29. The lowest BCUT2D eigenvalue weighted by atomic mass is 10.2. The van der Waals surface area contributed by atoms with E-state index in [1.165, 1.54) is 0 Å². The Kier molecular flexibility index (Phi) is 3.76. The second-order valence-electron chi connectivity index (χ2n) is 3.68. The second-order valence-corrected chi connectivity index (χ2v) is 4.60. The van der Waals surface area contributed by atoms with Crippen molar-refractivity contribution in [1.29, 1.82) is 0 Å². The summed E-state index contributed by atoms with van der Waals surface area (Å²) in [7, 11) is 0. The van der Waals surface area contributed by atoms with Crippen LogP contribution in [0.2, 0.25) is 0 Å². The van der Waals surface area contributed by atoms with Crippen LogP contribution >= 0.6 is 15.9 Å². The number of pyridine rings is 1. The van der Waals surface area contributed by atoms with Gasteiger partial charge in [0.25, 0.3) is 0 Å². The number of hydrogen-bond donors (Lipinski definition) is 1. The molecule has 1 aromatic heterocycles. The SMILES string of the molecule is Cc1cc(Br)ccc1Oc1ncccc1CN. The zero-order chi connectivity index (χ0) is 12.3. The summed E-state index contributed by atoms with van der Waals surface area (Å²) in [6, 6.07) is 9.61. The Hall–Kier alpha value is -1.39. The first-order valence-electron chi connectivity index (χ1n) is 5.28. The predicted octanol–water partition coefficient (Wildman–Crippen LogP) is 3.40. The third-order valence-corrected chi connectivity index (χ3v) is 2.91. The number of nitrogens with zero attached hydrogens (tertiary/aromatic N) is 1. The lowest BCUT2D eigenvalue weighted by Crippen LogP contribution is -2.01. The summed E-state index contributed by atoms with van der Waals surface area (Å²) in [4.78, 5) is 4.19. The van der Waals surface area contributed by atoms with Crippen molar-refractivity contribution in [1.82, 2.24) is 4.98 Å². The first-order valence-corrected chi connectivity index (χ1v) is 6.08. The summed E-state index contributed by atoms with van der Waals surface area (Å²) in [6.45, 7) is 2.41. The fourth-order valence-electron chi connectivity index (χ4n) is 1.50. The summed E-state index contributed by atoms with van der Waals surface area (Å²) >= 11 is 3.42. The Bertz CT molecular complexity index is 529. The van der Waals surface area contributed by atoms with Crippen LogP contribution in [0.1, 0.15) is 11.1 Å². The molecule has 0 bridgehead atoms. The Morgan fingerprint density at radius 2 is 2.18 bits per heavy atom. The maximum Gasteiger partial charge on any atom is 0.223 e. The van der Waals surface area contributed by atoms with E-state index >= 15 is 0 Å². The average Bonchev–Trinajstić information content (AvgIpc) is 2.33. The summed E-state index contributed by atoms with van der Waals surface area (Å²) in [5, 5.41) is 0. The van der Waals surface area contributed by atoms with Crippen LogP contribution in [0.25, 0.3) is 0 Å². The fraction of sp³-hybridized carbons (Fsp3) is 0.154. The summed E-state index contributed by atoms with van der Waals surface area (Å²) in [5.41, 5.74) is 7.59. The summed E-state index contributed by atoms with van der Waals surface area (Å²) in [5.74, 6) is 1.36. The molecule has 0 aliphatic heterocycles. The van der Waals surface area contributed by atoms with E-state index in [-0.39, 0.29) is 0 Å². The van der Waals surface area contributed by atoms with Crippen LogP contribution in [0.3, 0.4) is 0 Å². The Balaban J connectivity index is 2.31. The van der Waals surface area contributed by atoms with E-state index in [0.717, 1.165) is 21.3 Å². The molecule has 88 valence electrons. The zero-order valence-electron chi connectivity index (χ0n) is 9.48. The van der Waals surface area contributed by atoms with Gasteiger partial charge < -0.3 is 10.5 Å². The van der Waals surface area contributed by atoms with Crippen molar-refractivity contribution in [2.75, 3.05) is 0 Å². The molecule has 2 N–H and O–H groups in total. The van der Waals surface area contributed by atoms with Crippen LogP contribution in [0.15, 0.2) is 41.0 Å². The van der Waals surface area contributed by atoms with Gasteiger partial charge in [-0.2, -0.15) is 0 Å². The minimum atomic E-state index is 0.415. The summed E-state index contributed by atoms with van der Waals surface area (Å²) in [6.07, 6.45) is 1.70. The highest BCUT2D eigenvalue weighted by Gasteiger charge is 2.06. The van der Waals surface area contributed by atoms with Crippen LogP contribution in [0.5, 0.6) is 11.6 Å². The van der Waals surface area contributed by atoms with Crippen LogP contribution in [0.4, 0.5) is 0 Å². The Morgan fingerprint density at radius 3 is 2.88 bits per heavy atom. The van der Waals surface area contributed by atoms with Gasteiger partial charge in [0.1, 0.15) is 5.75 Å². The van der Waals surface area contributed by atoms with Gasteiger partial charge >= 0.3 is 0 Å². The van der Waals surface area contributed by atoms with Gasteiger partial charge in [0.05, 0.1) is 0 Å². The van der Waals surface area contributed by atoms with Crippen LogP contribution in [-0.4, -0.2) is 4.98 Å². The topological polar surface area (TPSA) is 48.1 Å². The molecule has 0 fully saturated rings. The molecule has 0 aliphatic rings. The standard InChI is InChI=1S/C13H13BrN2O/c1-9-7-11(14)4-5-12(9)17-13-10(8-15)3-2-6-16-13/h2-7H,8,15H2,1H3. The number of benzene rings is 1. The maximum absolute atomic E-state index is 5.77. The largest absolute Gasteiger partial charge is 0.438 e. The molecule has 0 radical (unpaired) electrons. The third-order valence-electron chi connectivity index (χ3n) is 2.41. The molecular formula is C13H13BrN2O. The number of halogens is 1. The minimum Gasteiger partial charge on any atom is -0.438 e. The van der Waals surface area contributed by atoms with Gasteiger partial charge in [0.15, 0.2) is 0 Å². The molecule has 0 saturated carbocycles. The Labute approximate surface area is 109 Å². The third kappa shape index (κ3) is 2.84. The van der Waals surface area contributed by atoms with Crippen molar-refractivity contribution >= 4 is 15.9 Å². The molecule has 0 aliphatic carbocycles. The van der Waals surface area contributed by atoms with Gasteiger partial charge in [-0.1, -0.05) is 22.0 Å². The van der Waals surface area contributed by atoms with E-state index in [2.05, 4.69) is 20.9 Å². The van der Waals surface area contributed by atoms with Crippen molar-refractivity contribution in [3.8, 4) is 11.6 Å². The van der Waals surface area contributed by atoms with E-state index < -0.39 is 0 Å². The molecule has 1 heterocycles. The molecular weight excluding hydrogens is 280 g/mol. The number of aryl methyl sites for hydroxylation is 1. The molecule has 17 heavy (non-hydrogen) atoms. The van der Waals surface area contributed by atoms with Crippen molar-refractivity contribution < 1.29 is 4.74 Å². The molecule has 0 atom stereocenters. The van der Waals surface area contributed by atoms with E-state index in [1.807, 2.05) is 37.3 Å². The summed E-state index contributed by atoms with van der Waals surface area (Å²) < 4.78 is 6.80. The van der Waals surface area contributed by atoms with Gasteiger partial charge in [0.2, 0.25) is 5.88 Å². The maximum atomic E-state index is 5.77. The number of nitrogens with two attached hydrogens (primary N) is 1. The first-order chi connectivity index (χ1) is 8.20. The van der Waals surface area contributed by atoms with Gasteiger partial charge in [-0.3, -0.25) is 0 Å².